The Morgan fingerprint density at radius 1 is 0.949 bits per heavy atom. The van der Waals surface area contributed by atoms with E-state index in [1.165, 1.54) is 17.0 Å². The standard InChI is InChI=1S/C26H23F7INO3S/c1-22(10-11-22)21(36)35-13-12-23(39(37,38)18-6-4-17(34)5-7-18)19-8-3-16(14-15(19)2-9-20(23)35)24(27,25(28,29)30)26(31,32)33/h3-8,14,20H,2,9-13H2,1H3/t20-,23-/m1/s1. The van der Waals surface area contributed by atoms with Gasteiger partial charge in [0.15, 0.2) is 9.84 Å². The zero-order chi connectivity index (χ0) is 28.8. The predicted octanol–water partition coefficient (Wildman–Crippen LogP) is 6.60. The molecule has 1 saturated carbocycles. The number of aryl methyl sites for hydroxylation is 1. The Labute approximate surface area is 234 Å². The Kier molecular flexibility index (Phi) is 6.46. The number of likely N-dealkylation sites (tertiary alicyclic amines) is 1. The van der Waals surface area contributed by atoms with Gasteiger partial charge in [-0.1, -0.05) is 25.1 Å². The van der Waals surface area contributed by atoms with Crippen molar-refractivity contribution < 1.29 is 43.9 Å². The van der Waals surface area contributed by atoms with Gasteiger partial charge in [0.25, 0.3) is 0 Å². The Bertz CT molecular complexity index is 1420. The van der Waals surface area contributed by atoms with Crippen LogP contribution in [0, 0.1) is 8.99 Å². The van der Waals surface area contributed by atoms with Gasteiger partial charge >= 0.3 is 18.0 Å². The molecule has 0 N–H and O–H groups in total. The Balaban J connectivity index is 1.71. The van der Waals surface area contributed by atoms with Crippen LogP contribution in [0.4, 0.5) is 30.7 Å². The molecule has 0 bridgehead atoms. The molecule has 1 saturated heterocycles. The van der Waals surface area contributed by atoms with Crippen LogP contribution in [0.3, 0.4) is 0 Å². The van der Waals surface area contributed by atoms with Gasteiger partial charge in [0.1, 0.15) is 4.75 Å². The molecule has 0 unspecified atom stereocenters. The molecule has 0 spiro atoms. The fraction of sp³-hybridized carbons (Fsp3) is 0.500. The van der Waals surface area contributed by atoms with Crippen LogP contribution in [0.2, 0.25) is 0 Å². The molecule has 212 valence electrons. The maximum Gasteiger partial charge on any atom is 0.435 e. The molecule has 1 heterocycles. The third-order valence-corrected chi connectivity index (χ3v) is 11.7. The first-order chi connectivity index (χ1) is 17.9. The van der Waals surface area contributed by atoms with Gasteiger partial charge in [0, 0.05) is 21.1 Å². The van der Waals surface area contributed by atoms with E-state index in [9.17, 15) is 43.9 Å². The molecule has 2 atom stereocenters. The number of halogens is 8. The third-order valence-electron chi connectivity index (χ3n) is 8.45. The molecule has 2 aromatic carbocycles. The van der Waals surface area contributed by atoms with E-state index in [4.69, 9.17) is 0 Å². The highest BCUT2D eigenvalue weighted by atomic mass is 127. The van der Waals surface area contributed by atoms with Crippen molar-refractivity contribution in [2.24, 2.45) is 5.41 Å². The van der Waals surface area contributed by atoms with E-state index in [0.717, 1.165) is 9.64 Å². The second-order valence-electron chi connectivity index (χ2n) is 10.7. The molecule has 13 heteroatoms. The first-order valence-electron chi connectivity index (χ1n) is 12.2. The average molecular weight is 689 g/mol. The van der Waals surface area contributed by atoms with Crippen molar-refractivity contribution in [2.75, 3.05) is 6.54 Å². The average Bonchev–Trinajstić information content (AvgIpc) is 3.47. The van der Waals surface area contributed by atoms with Crippen molar-refractivity contribution >= 4 is 38.3 Å². The molecule has 2 aliphatic carbocycles. The molecule has 1 amide bonds. The van der Waals surface area contributed by atoms with Gasteiger partial charge in [-0.15, -0.1) is 0 Å². The van der Waals surface area contributed by atoms with Crippen LogP contribution in [0.1, 0.15) is 49.3 Å². The zero-order valence-electron chi connectivity index (χ0n) is 20.5. The minimum Gasteiger partial charge on any atom is -0.337 e. The van der Waals surface area contributed by atoms with Crippen LogP contribution in [-0.4, -0.2) is 44.2 Å². The molecule has 0 radical (unpaired) electrons. The summed E-state index contributed by atoms with van der Waals surface area (Å²) in [5.74, 6) is -0.218. The zero-order valence-corrected chi connectivity index (χ0v) is 23.4. The summed E-state index contributed by atoms with van der Waals surface area (Å²) in [6.45, 7) is 1.84. The van der Waals surface area contributed by atoms with Gasteiger partial charge < -0.3 is 4.90 Å². The fourth-order valence-corrected chi connectivity index (χ4v) is 8.77. The van der Waals surface area contributed by atoms with Crippen molar-refractivity contribution in [3.63, 3.8) is 0 Å². The largest absolute Gasteiger partial charge is 0.435 e. The second kappa shape index (κ2) is 8.80. The molecule has 39 heavy (non-hydrogen) atoms. The van der Waals surface area contributed by atoms with Gasteiger partial charge in [-0.25, -0.2) is 12.8 Å². The smallest absolute Gasteiger partial charge is 0.337 e. The Morgan fingerprint density at radius 2 is 1.54 bits per heavy atom. The summed E-state index contributed by atoms with van der Waals surface area (Å²) in [6, 6.07) is 6.77. The third kappa shape index (κ3) is 4.03. The number of hydrogen-bond acceptors (Lipinski definition) is 3. The summed E-state index contributed by atoms with van der Waals surface area (Å²) in [5, 5.41) is 0. The molecule has 3 aliphatic rings. The number of nitrogens with zero attached hydrogens (tertiary/aromatic N) is 1. The molecule has 2 fully saturated rings. The second-order valence-corrected chi connectivity index (χ2v) is 14.2. The maximum atomic E-state index is 14.9. The van der Waals surface area contributed by atoms with Crippen molar-refractivity contribution in [3.05, 3.63) is 62.7 Å². The van der Waals surface area contributed by atoms with Gasteiger partial charge in [-0.2, -0.15) is 26.3 Å². The van der Waals surface area contributed by atoms with Crippen LogP contribution in [-0.2, 0) is 31.5 Å². The first-order valence-corrected chi connectivity index (χ1v) is 14.7. The van der Waals surface area contributed by atoms with E-state index in [1.807, 2.05) is 22.6 Å². The molecular weight excluding hydrogens is 666 g/mol. The summed E-state index contributed by atoms with van der Waals surface area (Å²) in [4.78, 5) is 14.8. The molecule has 0 aromatic heterocycles. The number of fused-ring (bicyclic) bond motifs is 3. The number of carbonyl (C=O) groups excluding carboxylic acids is 1. The summed E-state index contributed by atoms with van der Waals surface area (Å²) in [5.41, 5.74) is -8.02. The van der Waals surface area contributed by atoms with Crippen LogP contribution in [0.25, 0.3) is 0 Å². The Morgan fingerprint density at radius 3 is 2.08 bits per heavy atom. The normalized spacial score (nSPS) is 24.7. The molecule has 2 aromatic rings. The molecule has 4 nitrogen and oxygen atoms in total. The number of amides is 1. The lowest BCUT2D eigenvalue weighted by atomic mass is 9.76. The van der Waals surface area contributed by atoms with Gasteiger partial charge in [-0.05, 0) is 90.1 Å². The van der Waals surface area contributed by atoms with E-state index in [1.54, 1.807) is 19.1 Å². The number of rotatable bonds is 4. The topological polar surface area (TPSA) is 54.5 Å². The van der Waals surface area contributed by atoms with Crippen LogP contribution in [0.5, 0.6) is 0 Å². The fourth-order valence-electron chi connectivity index (χ4n) is 6.05. The van der Waals surface area contributed by atoms with Crippen molar-refractivity contribution in [1.82, 2.24) is 4.90 Å². The quantitative estimate of drug-likeness (QED) is 0.269. The van der Waals surface area contributed by atoms with Gasteiger partial charge in [0.2, 0.25) is 5.91 Å². The highest BCUT2D eigenvalue weighted by molar-refractivity contribution is 14.1. The number of carbonyl (C=O) groups is 1. The van der Waals surface area contributed by atoms with Crippen LogP contribution >= 0.6 is 22.6 Å². The van der Waals surface area contributed by atoms with Gasteiger partial charge in [-0.3, -0.25) is 4.79 Å². The molecular formula is C26H23F7INO3S. The summed E-state index contributed by atoms with van der Waals surface area (Å²) < 4.78 is 123. The number of benzene rings is 2. The van der Waals surface area contributed by atoms with E-state index >= 15 is 0 Å². The predicted molar refractivity (Wildman–Crippen MR) is 135 cm³/mol. The van der Waals surface area contributed by atoms with Crippen LogP contribution < -0.4 is 0 Å². The molecule has 5 rings (SSSR count). The van der Waals surface area contributed by atoms with E-state index < -0.39 is 49.6 Å². The minimum absolute atomic E-state index is 0.00370. The first kappa shape index (κ1) is 28.6. The lowest BCUT2D eigenvalue weighted by molar-refractivity contribution is -0.348. The monoisotopic (exact) mass is 689 g/mol. The minimum atomic E-state index is -6.29. The van der Waals surface area contributed by atoms with Crippen LogP contribution in [0.15, 0.2) is 47.4 Å². The number of sulfone groups is 1. The number of hydrogen-bond donors (Lipinski definition) is 0. The summed E-state index contributed by atoms with van der Waals surface area (Å²) in [6.07, 6.45) is -11.5. The lowest BCUT2D eigenvalue weighted by Gasteiger charge is -2.43. The summed E-state index contributed by atoms with van der Waals surface area (Å²) in [7, 11) is -4.32. The van der Waals surface area contributed by atoms with Crippen molar-refractivity contribution in [3.8, 4) is 0 Å². The van der Waals surface area contributed by atoms with E-state index in [-0.39, 0.29) is 47.7 Å². The van der Waals surface area contributed by atoms with Crippen molar-refractivity contribution in [1.29, 1.82) is 0 Å². The highest BCUT2D eigenvalue weighted by Gasteiger charge is 2.74. The lowest BCUT2D eigenvalue weighted by Crippen LogP contribution is -2.53. The van der Waals surface area contributed by atoms with Crippen molar-refractivity contribution in [2.45, 2.75) is 72.7 Å². The maximum absolute atomic E-state index is 14.9. The van der Waals surface area contributed by atoms with E-state index in [2.05, 4.69) is 0 Å². The summed E-state index contributed by atoms with van der Waals surface area (Å²) >= 11 is 1.99. The highest BCUT2D eigenvalue weighted by Crippen LogP contribution is 2.58. The SMILES string of the molecule is CC1(C(=O)N2CC[C@@]3(S(=O)(=O)c4ccc(I)cc4)c4ccc(C(F)(C(F)(F)F)C(F)(F)F)cc4CC[C@@H]23)CC1. The number of alkyl halides is 7. The molecule has 1 aliphatic heterocycles. The van der Waals surface area contributed by atoms with Gasteiger partial charge in [0.05, 0.1) is 10.9 Å². The van der Waals surface area contributed by atoms with E-state index in [0.29, 0.717) is 25.0 Å². The Hall–Kier alpha value is -1.90.